The minimum absolute atomic E-state index is 0.0936. The number of aliphatic hydroxyl groups excluding tert-OH is 1. The molecule has 2 rings (SSSR count). The van der Waals surface area contributed by atoms with Crippen molar-refractivity contribution in [2.24, 2.45) is 0 Å². The van der Waals surface area contributed by atoms with Gasteiger partial charge < -0.3 is 19.3 Å². The first-order chi connectivity index (χ1) is 12.1. The highest BCUT2D eigenvalue weighted by Gasteiger charge is 2.11. The maximum atomic E-state index is 12.1. The highest BCUT2D eigenvalue weighted by Crippen LogP contribution is 2.35. The first-order valence-electron chi connectivity index (χ1n) is 7.57. The van der Waals surface area contributed by atoms with Crippen LogP contribution in [-0.4, -0.2) is 32.2 Å². The minimum Gasteiger partial charge on any atom is -0.507 e. The van der Waals surface area contributed by atoms with Gasteiger partial charge in [0.15, 0.2) is 5.78 Å². The molecule has 0 amide bonds. The monoisotopic (exact) mass is 340 g/mol. The second kappa shape index (κ2) is 8.59. The normalized spacial score (nSPS) is 11.4. The van der Waals surface area contributed by atoms with Crippen molar-refractivity contribution >= 4 is 17.6 Å². The van der Waals surface area contributed by atoms with Crippen molar-refractivity contribution in [3.8, 4) is 17.2 Å². The zero-order valence-electron chi connectivity index (χ0n) is 14.4. The lowest BCUT2D eigenvalue weighted by Gasteiger charge is -2.12. The Balaban J connectivity index is 2.28. The van der Waals surface area contributed by atoms with Gasteiger partial charge in [-0.05, 0) is 12.2 Å². The van der Waals surface area contributed by atoms with Crippen LogP contribution in [0.1, 0.15) is 11.1 Å². The zero-order valence-corrected chi connectivity index (χ0v) is 14.4. The smallest absolute Gasteiger partial charge is 0.182 e. The van der Waals surface area contributed by atoms with Gasteiger partial charge in [-0.2, -0.15) is 0 Å². The summed E-state index contributed by atoms with van der Waals surface area (Å²) in [4.78, 5) is 12.1. The lowest BCUT2D eigenvalue weighted by Crippen LogP contribution is -1.96. The molecule has 5 heteroatoms. The zero-order chi connectivity index (χ0) is 18.2. The van der Waals surface area contributed by atoms with E-state index in [0.29, 0.717) is 28.4 Å². The van der Waals surface area contributed by atoms with E-state index in [1.165, 1.54) is 20.3 Å². The van der Waals surface area contributed by atoms with Crippen LogP contribution < -0.4 is 14.2 Å². The lowest BCUT2D eigenvalue weighted by atomic mass is 10.1. The van der Waals surface area contributed by atoms with Crippen LogP contribution in [0.2, 0.25) is 0 Å². The van der Waals surface area contributed by atoms with Crippen molar-refractivity contribution in [1.29, 1.82) is 0 Å². The average Bonchev–Trinajstić information content (AvgIpc) is 2.66. The maximum absolute atomic E-state index is 12.1. The minimum atomic E-state index is -0.360. The van der Waals surface area contributed by atoms with Gasteiger partial charge in [0, 0.05) is 23.8 Å². The number of carbonyl (C=O) groups excluding carboxylic acids is 1. The number of hydrogen-bond donors (Lipinski definition) is 1. The van der Waals surface area contributed by atoms with E-state index in [4.69, 9.17) is 14.2 Å². The van der Waals surface area contributed by atoms with E-state index >= 15 is 0 Å². The molecule has 130 valence electrons. The Bertz CT molecular complexity index is 766. The maximum Gasteiger partial charge on any atom is 0.182 e. The van der Waals surface area contributed by atoms with Crippen LogP contribution in [0, 0.1) is 0 Å². The molecule has 2 aromatic carbocycles. The van der Waals surface area contributed by atoms with Crippen molar-refractivity contribution in [3.05, 3.63) is 65.7 Å². The van der Waals surface area contributed by atoms with E-state index in [9.17, 15) is 9.90 Å². The largest absolute Gasteiger partial charge is 0.507 e. The number of allylic oxidation sites excluding steroid dienone is 2. The Morgan fingerprint density at radius 1 is 0.960 bits per heavy atom. The van der Waals surface area contributed by atoms with Gasteiger partial charge in [-0.25, -0.2) is 0 Å². The van der Waals surface area contributed by atoms with Gasteiger partial charge in [0.1, 0.15) is 23.0 Å². The Kier molecular flexibility index (Phi) is 6.23. The molecule has 0 radical (unpaired) electrons. The summed E-state index contributed by atoms with van der Waals surface area (Å²) in [5.74, 6) is 1.15. The Morgan fingerprint density at radius 2 is 1.56 bits per heavy atom. The summed E-state index contributed by atoms with van der Waals surface area (Å²) in [6, 6.07) is 12.2. The van der Waals surface area contributed by atoms with Gasteiger partial charge >= 0.3 is 0 Å². The highest BCUT2D eigenvalue weighted by molar-refractivity contribution is 6.05. The van der Waals surface area contributed by atoms with Gasteiger partial charge in [0.2, 0.25) is 0 Å². The van der Waals surface area contributed by atoms with E-state index < -0.39 is 0 Å². The lowest BCUT2D eigenvalue weighted by molar-refractivity contribution is -0.110. The van der Waals surface area contributed by atoms with E-state index in [2.05, 4.69) is 0 Å². The number of carbonyl (C=O) groups is 1. The summed E-state index contributed by atoms with van der Waals surface area (Å²) in [7, 11) is 4.59. The quantitative estimate of drug-likeness (QED) is 0.612. The molecular formula is C20H20O5. The standard InChI is InChI=1S/C20H20O5/c1-23-16-12-19(24-2)17(20(13-16)25-3)10-9-15(21)11-18(22)14-7-5-4-6-8-14/h4-13,22H,1-3H3/b10-9+,18-11-. The molecule has 0 aromatic heterocycles. The van der Waals surface area contributed by atoms with Crippen LogP contribution >= 0.6 is 0 Å². The fourth-order valence-corrected chi connectivity index (χ4v) is 2.24. The summed E-state index contributed by atoms with van der Waals surface area (Å²) in [6.45, 7) is 0. The molecule has 0 saturated carbocycles. The second-order valence-electron chi connectivity index (χ2n) is 5.08. The predicted molar refractivity (Wildman–Crippen MR) is 97.2 cm³/mol. The van der Waals surface area contributed by atoms with Crippen molar-refractivity contribution < 1.29 is 24.1 Å². The Labute approximate surface area is 146 Å². The molecule has 0 heterocycles. The number of benzene rings is 2. The molecule has 0 saturated heterocycles. The third-order valence-corrected chi connectivity index (χ3v) is 3.52. The number of methoxy groups -OCH3 is 3. The molecule has 0 fully saturated rings. The topological polar surface area (TPSA) is 65.0 Å². The number of ether oxygens (including phenoxy) is 3. The highest BCUT2D eigenvalue weighted by atomic mass is 16.5. The number of hydrogen-bond acceptors (Lipinski definition) is 5. The van der Waals surface area contributed by atoms with Crippen LogP contribution in [0.4, 0.5) is 0 Å². The van der Waals surface area contributed by atoms with Crippen LogP contribution in [0.15, 0.2) is 54.6 Å². The van der Waals surface area contributed by atoms with E-state index in [0.717, 1.165) is 6.08 Å². The van der Waals surface area contributed by atoms with Crippen molar-refractivity contribution in [2.45, 2.75) is 0 Å². The molecule has 0 spiro atoms. The molecule has 5 nitrogen and oxygen atoms in total. The SMILES string of the molecule is COc1cc(OC)c(/C=C/C(=O)/C=C(\O)c2ccccc2)c(OC)c1. The number of rotatable bonds is 7. The van der Waals surface area contributed by atoms with Crippen molar-refractivity contribution in [2.75, 3.05) is 21.3 Å². The first-order valence-corrected chi connectivity index (χ1v) is 7.57. The summed E-state index contributed by atoms with van der Waals surface area (Å²) >= 11 is 0. The summed E-state index contributed by atoms with van der Waals surface area (Å²) in [5, 5.41) is 10.00. The van der Waals surface area contributed by atoms with Crippen molar-refractivity contribution in [3.63, 3.8) is 0 Å². The van der Waals surface area contributed by atoms with Crippen molar-refractivity contribution in [1.82, 2.24) is 0 Å². The molecule has 0 atom stereocenters. The predicted octanol–water partition coefficient (Wildman–Crippen LogP) is 3.89. The third-order valence-electron chi connectivity index (χ3n) is 3.52. The molecule has 1 N–H and O–H groups in total. The van der Waals surface area contributed by atoms with Gasteiger partial charge in [-0.15, -0.1) is 0 Å². The summed E-state index contributed by atoms with van der Waals surface area (Å²) in [6.07, 6.45) is 4.08. The van der Waals surface area contributed by atoms with Crippen LogP contribution in [0.5, 0.6) is 17.2 Å². The van der Waals surface area contributed by atoms with E-state index in [-0.39, 0.29) is 11.5 Å². The Morgan fingerprint density at radius 3 is 2.08 bits per heavy atom. The average molecular weight is 340 g/mol. The third kappa shape index (κ3) is 4.64. The van der Waals surface area contributed by atoms with Gasteiger partial charge in [-0.3, -0.25) is 4.79 Å². The van der Waals surface area contributed by atoms with E-state index in [1.807, 2.05) is 6.07 Å². The van der Waals surface area contributed by atoms with Crippen LogP contribution in [0.3, 0.4) is 0 Å². The second-order valence-corrected chi connectivity index (χ2v) is 5.08. The van der Waals surface area contributed by atoms with Gasteiger partial charge in [0.05, 0.1) is 26.9 Å². The fraction of sp³-hybridized carbons (Fsp3) is 0.150. The summed E-state index contributed by atoms with van der Waals surface area (Å²) in [5.41, 5.74) is 1.18. The van der Waals surface area contributed by atoms with Crippen LogP contribution in [-0.2, 0) is 4.79 Å². The fourth-order valence-electron chi connectivity index (χ4n) is 2.24. The molecule has 25 heavy (non-hydrogen) atoms. The van der Waals surface area contributed by atoms with Gasteiger partial charge in [0.25, 0.3) is 0 Å². The number of aliphatic hydroxyl groups is 1. The molecule has 0 aliphatic rings. The molecule has 0 aliphatic heterocycles. The molecule has 0 aliphatic carbocycles. The molecule has 0 unspecified atom stereocenters. The van der Waals surface area contributed by atoms with Gasteiger partial charge in [-0.1, -0.05) is 30.3 Å². The van der Waals surface area contributed by atoms with Crippen LogP contribution in [0.25, 0.3) is 11.8 Å². The molecular weight excluding hydrogens is 320 g/mol. The molecule has 2 aromatic rings. The Hall–Kier alpha value is -3.21. The first kappa shape index (κ1) is 18.1. The van der Waals surface area contributed by atoms with E-state index in [1.54, 1.807) is 49.6 Å². The number of ketones is 1. The molecule has 0 bridgehead atoms. The summed E-state index contributed by atoms with van der Waals surface area (Å²) < 4.78 is 15.8.